The second-order valence-electron chi connectivity index (χ2n) is 5.02. The molecule has 0 spiro atoms. The summed E-state index contributed by atoms with van der Waals surface area (Å²) in [6.45, 7) is 0.219. The van der Waals surface area contributed by atoms with Crippen LogP contribution in [0.2, 0.25) is 0 Å². The summed E-state index contributed by atoms with van der Waals surface area (Å²) in [5.74, 6) is -0.942. The van der Waals surface area contributed by atoms with Gasteiger partial charge in [0.25, 0.3) is 0 Å². The van der Waals surface area contributed by atoms with Gasteiger partial charge in [-0.2, -0.15) is 4.57 Å². The highest BCUT2D eigenvalue weighted by Gasteiger charge is 2.14. The normalized spacial score (nSPS) is 10.5. The molecule has 0 saturated heterocycles. The van der Waals surface area contributed by atoms with E-state index < -0.39 is 5.97 Å². The van der Waals surface area contributed by atoms with Crippen LogP contribution in [0.1, 0.15) is 20.7 Å². The SMILES string of the molecule is O=C(C[n+]1ccc2c(C(=O)O)cccc2c1)c1ccccc1. The third-order valence-corrected chi connectivity index (χ3v) is 3.53. The molecule has 0 saturated carbocycles. The van der Waals surface area contributed by atoms with Crippen molar-refractivity contribution in [3.63, 3.8) is 0 Å². The minimum Gasteiger partial charge on any atom is -0.478 e. The van der Waals surface area contributed by atoms with E-state index in [4.69, 9.17) is 0 Å². The van der Waals surface area contributed by atoms with Gasteiger partial charge in [-0.15, -0.1) is 0 Å². The van der Waals surface area contributed by atoms with E-state index in [0.717, 1.165) is 5.39 Å². The molecule has 0 radical (unpaired) electrons. The highest BCUT2D eigenvalue weighted by atomic mass is 16.4. The maximum absolute atomic E-state index is 12.2. The van der Waals surface area contributed by atoms with Gasteiger partial charge in [-0.3, -0.25) is 4.79 Å². The molecule has 0 fully saturated rings. The summed E-state index contributed by atoms with van der Waals surface area (Å²) >= 11 is 0. The first kappa shape index (κ1) is 13.9. The molecule has 0 unspecified atom stereocenters. The molecule has 0 aliphatic heterocycles. The summed E-state index contributed by atoms with van der Waals surface area (Å²) in [6, 6.07) is 15.9. The molecular weight excluding hydrogens is 278 g/mol. The fraction of sp³-hybridized carbons (Fsp3) is 0.0556. The van der Waals surface area contributed by atoms with Gasteiger partial charge in [-0.05, 0) is 12.1 Å². The van der Waals surface area contributed by atoms with E-state index in [1.807, 2.05) is 24.3 Å². The molecule has 0 aliphatic rings. The van der Waals surface area contributed by atoms with Gasteiger partial charge in [0.2, 0.25) is 12.3 Å². The monoisotopic (exact) mass is 292 g/mol. The van der Waals surface area contributed by atoms with E-state index in [1.165, 1.54) is 0 Å². The van der Waals surface area contributed by atoms with E-state index in [9.17, 15) is 14.7 Å². The van der Waals surface area contributed by atoms with Crippen LogP contribution in [-0.2, 0) is 6.54 Å². The summed E-state index contributed by atoms with van der Waals surface area (Å²) in [6.07, 6.45) is 3.53. The molecule has 1 N–H and O–H groups in total. The Hall–Kier alpha value is -3.01. The molecule has 0 aliphatic carbocycles. The van der Waals surface area contributed by atoms with Crippen molar-refractivity contribution in [1.29, 1.82) is 0 Å². The van der Waals surface area contributed by atoms with Gasteiger partial charge >= 0.3 is 5.97 Å². The number of carboxylic acids is 1. The molecule has 2 aromatic carbocycles. The number of pyridine rings is 1. The zero-order chi connectivity index (χ0) is 15.5. The number of aromatic carboxylic acids is 1. The maximum Gasteiger partial charge on any atom is 0.336 e. The van der Waals surface area contributed by atoms with Crippen molar-refractivity contribution in [2.75, 3.05) is 0 Å². The lowest BCUT2D eigenvalue weighted by Gasteiger charge is -2.02. The van der Waals surface area contributed by atoms with Gasteiger partial charge in [0.1, 0.15) is 0 Å². The number of aromatic nitrogens is 1. The first-order valence-electron chi connectivity index (χ1n) is 6.88. The van der Waals surface area contributed by atoms with Crippen LogP contribution in [0.25, 0.3) is 10.8 Å². The predicted octanol–water partition coefficient (Wildman–Crippen LogP) is 2.71. The van der Waals surface area contributed by atoms with Gasteiger partial charge in [0.05, 0.1) is 5.56 Å². The molecule has 4 nitrogen and oxygen atoms in total. The van der Waals surface area contributed by atoms with Gasteiger partial charge in [0, 0.05) is 22.4 Å². The van der Waals surface area contributed by atoms with Crippen molar-refractivity contribution in [3.8, 4) is 0 Å². The molecule has 0 amide bonds. The Morgan fingerprint density at radius 2 is 1.73 bits per heavy atom. The number of carbonyl (C=O) groups is 2. The van der Waals surface area contributed by atoms with Crippen molar-refractivity contribution < 1.29 is 19.3 Å². The number of hydrogen-bond acceptors (Lipinski definition) is 2. The van der Waals surface area contributed by atoms with E-state index in [1.54, 1.807) is 47.3 Å². The van der Waals surface area contributed by atoms with Crippen LogP contribution in [0.15, 0.2) is 67.0 Å². The van der Waals surface area contributed by atoms with Crippen LogP contribution in [-0.4, -0.2) is 16.9 Å². The minimum absolute atomic E-state index is 0.0133. The summed E-state index contributed by atoms with van der Waals surface area (Å²) in [5.41, 5.74) is 0.924. The Morgan fingerprint density at radius 1 is 0.955 bits per heavy atom. The van der Waals surface area contributed by atoms with E-state index in [2.05, 4.69) is 0 Å². The molecule has 3 rings (SSSR count). The third-order valence-electron chi connectivity index (χ3n) is 3.53. The van der Waals surface area contributed by atoms with Crippen LogP contribution in [0, 0.1) is 0 Å². The lowest BCUT2D eigenvalue weighted by atomic mass is 10.1. The number of carboxylic acid groups (broad SMARTS) is 1. The summed E-state index contributed by atoms with van der Waals surface area (Å²) in [5, 5.41) is 10.6. The Labute approximate surface area is 127 Å². The second kappa shape index (κ2) is 5.77. The van der Waals surface area contributed by atoms with E-state index in [0.29, 0.717) is 10.9 Å². The van der Waals surface area contributed by atoms with Gasteiger partial charge in [-0.1, -0.05) is 36.4 Å². The fourth-order valence-electron chi connectivity index (χ4n) is 2.44. The standard InChI is InChI=1S/C18H13NO3/c20-17(13-5-2-1-3-6-13)12-19-10-9-15-14(11-19)7-4-8-16(15)18(21)22/h1-11H,12H2/p+1. The molecule has 3 aromatic rings. The molecular formula is C18H14NO3+. The zero-order valence-corrected chi connectivity index (χ0v) is 11.8. The quantitative estimate of drug-likeness (QED) is 0.594. The topological polar surface area (TPSA) is 58.2 Å². The van der Waals surface area contributed by atoms with Crippen molar-refractivity contribution in [3.05, 3.63) is 78.1 Å². The number of rotatable bonds is 4. The highest BCUT2D eigenvalue weighted by molar-refractivity contribution is 6.03. The number of ketones is 1. The summed E-state index contributed by atoms with van der Waals surface area (Å²) < 4.78 is 1.77. The molecule has 108 valence electrons. The molecule has 4 heteroatoms. The second-order valence-corrected chi connectivity index (χ2v) is 5.02. The van der Waals surface area contributed by atoms with Crippen molar-refractivity contribution in [2.45, 2.75) is 6.54 Å². The van der Waals surface area contributed by atoms with Crippen LogP contribution >= 0.6 is 0 Å². The fourth-order valence-corrected chi connectivity index (χ4v) is 2.44. The number of hydrogen-bond donors (Lipinski definition) is 1. The third kappa shape index (κ3) is 2.72. The Morgan fingerprint density at radius 3 is 2.45 bits per heavy atom. The maximum atomic E-state index is 12.2. The van der Waals surface area contributed by atoms with Crippen LogP contribution in [0.4, 0.5) is 0 Å². The molecule has 22 heavy (non-hydrogen) atoms. The highest BCUT2D eigenvalue weighted by Crippen LogP contribution is 2.16. The Bertz CT molecular complexity index is 857. The minimum atomic E-state index is -0.955. The summed E-state index contributed by atoms with van der Waals surface area (Å²) in [4.78, 5) is 23.4. The summed E-state index contributed by atoms with van der Waals surface area (Å²) in [7, 11) is 0. The average molecular weight is 292 g/mol. The van der Waals surface area contributed by atoms with E-state index in [-0.39, 0.29) is 17.9 Å². The van der Waals surface area contributed by atoms with Crippen molar-refractivity contribution in [2.24, 2.45) is 0 Å². The molecule has 1 heterocycles. The van der Waals surface area contributed by atoms with Gasteiger partial charge in [-0.25, -0.2) is 4.79 Å². The number of Topliss-reactive ketones (excluding diaryl/α,β-unsaturated/α-hetero) is 1. The number of fused-ring (bicyclic) bond motifs is 1. The largest absolute Gasteiger partial charge is 0.478 e. The van der Waals surface area contributed by atoms with Gasteiger partial charge in [0.15, 0.2) is 12.4 Å². The van der Waals surface area contributed by atoms with Crippen molar-refractivity contribution >= 4 is 22.5 Å². The van der Waals surface area contributed by atoms with Crippen LogP contribution in [0.3, 0.4) is 0 Å². The lowest BCUT2D eigenvalue weighted by Crippen LogP contribution is -2.37. The predicted molar refractivity (Wildman–Crippen MR) is 81.9 cm³/mol. The molecule has 0 atom stereocenters. The lowest BCUT2D eigenvalue weighted by molar-refractivity contribution is -0.681. The van der Waals surface area contributed by atoms with Crippen molar-refractivity contribution in [1.82, 2.24) is 0 Å². The molecule has 1 aromatic heterocycles. The first-order chi connectivity index (χ1) is 10.6. The van der Waals surface area contributed by atoms with Gasteiger partial charge < -0.3 is 5.11 Å². The number of nitrogens with zero attached hydrogens (tertiary/aromatic N) is 1. The smallest absolute Gasteiger partial charge is 0.336 e. The molecule has 0 bridgehead atoms. The number of carbonyl (C=O) groups excluding carboxylic acids is 1. The Kier molecular flexibility index (Phi) is 3.66. The first-order valence-corrected chi connectivity index (χ1v) is 6.88. The van der Waals surface area contributed by atoms with Crippen LogP contribution in [0.5, 0.6) is 0 Å². The van der Waals surface area contributed by atoms with Crippen LogP contribution < -0.4 is 4.57 Å². The number of benzene rings is 2. The van der Waals surface area contributed by atoms with E-state index >= 15 is 0 Å². The Balaban J connectivity index is 1.93. The zero-order valence-electron chi connectivity index (χ0n) is 11.8. The average Bonchev–Trinajstić information content (AvgIpc) is 2.54.